The molecule has 0 unspecified atom stereocenters. The van der Waals surface area contributed by atoms with Crippen LogP contribution in [-0.2, 0) is 6.54 Å². The quantitative estimate of drug-likeness (QED) is 0.446. The van der Waals surface area contributed by atoms with E-state index in [1.807, 2.05) is 43.5 Å². The predicted molar refractivity (Wildman–Crippen MR) is 116 cm³/mol. The molecule has 6 nitrogen and oxygen atoms in total. The normalized spacial score (nSPS) is 11.6. The van der Waals surface area contributed by atoms with E-state index in [1.54, 1.807) is 10.9 Å². The fourth-order valence-electron chi connectivity index (χ4n) is 3.25. The second kappa shape index (κ2) is 8.69. The van der Waals surface area contributed by atoms with E-state index in [2.05, 4.69) is 15.3 Å². The van der Waals surface area contributed by atoms with Gasteiger partial charge < -0.3 is 9.84 Å². The Hall–Kier alpha value is -3.16. The maximum absolute atomic E-state index is 14.5. The number of hydrogen-bond acceptors (Lipinski definition) is 4. The smallest absolute Gasteiger partial charge is 0.138 e. The molecule has 0 aliphatic heterocycles. The first-order valence-corrected chi connectivity index (χ1v) is 9.89. The average Bonchev–Trinajstić information content (AvgIpc) is 3.35. The number of benzene rings is 2. The molecule has 0 aliphatic carbocycles. The first kappa shape index (κ1) is 20.1. The molecule has 0 bridgehead atoms. The minimum atomic E-state index is -0.415. The summed E-state index contributed by atoms with van der Waals surface area (Å²) in [5.41, 5.74) is 3.35. The Morgan fingerprint density at radius 2 is 2.13 bits per heavy atom. The summed E-state index contributed by atoms with van der Waals surface area (Å²) in [5, 5.41) is 21.6. The molecule has 0 spiro atoms. The van der Waals surface area contributed by atoms with Crippen molar-refractivity contribution in [2.45, 2.75) is 13.5 Å². The van der Waals surface area contributed by atoms with E-state index in [0.717, 1.165) is 22.2 Å². The zero-order valence-corrected chi connectivity index (χ0v) is 17.0. The molecule has 0 saturated heterocycles. The first-order chi connectivity index (χ1) is 14.6. The molecular formula is C22H20ClFN4O2. The van der Waals surface area contributed by atoms with Gasteiger partial charge in [-0.05, 0) is 48.9 Å². The van der Waals surface area contributed by atoms with Crippen LogP contribution in [0, 0.1) is 5.82 Å². The van der Waals surface area contributed by atoms with Crippen LogP contribution in [0.25, 0.3) is 34.2 Å². The highest BCUT2D eigenvalue weighted by atomic mass is 35.5. The molecule has 0 radical (unpaired) electrons. The van der Waals surface area contributed by atoms with E-state index in [1.165, 1.54) is 12.1 Å². The molecule has 4 rings (SSSR count). The van der Waals surface area contributed by atoms with Crippen molar-refractivity contribution in [1.82, 2.24) is 20.0 Å². The Labute approximate surface area is 177 Å². The Morgan fingerprint density at radius 3 is 2.93 bits per heavy atom. The summed E-state index contributed by atoms with van der Waals surface area (Å²) in [6.07, 6.45) is 7.33. The van der Waals surface area contributed by atoms with Crippen molar-refractivity contribution < 1.29 is 14.2 Å². The number of fused-ring (bicyclic) bond motifs is 1. The van der Waals surface area contributed by atoms with Gasteiger partial charge in [0.1, 0.15) is 11.6 Å². The van der Waals surface area contributed by atoms with Gasteiger partial charge in [-0.3, -0.25) is 9.78 Å². The van der Waals surface area contributed by atoms with Gasteiger partial charge in [-0.15, -0.1) is 0 Å². The van der Waals surface area contributed by atoms with E-state index in [9.17, 15) is 4.39 Å². The maximum Gasteiger partial charge on any atom is 0.138 e. The summed E-state index contributed by atoms with van der Waals surface area (Å²) in [4.78, 5) is 0. The van der Waals surface area contributed by atoms with Crippen LogP contribution in [0.3, 0.4) is 0 Å². The van der Waals surface area contributed by atoms with Gasteiger partial charge in [0.15, 0.2) is 0 Å². The van der Waals surface area contributed by atoms with E-state index in [-0.39, 0.29) is 11.6 Å². The number of halogens is 2. The highest BCUT2D eigenvalue weighted by molar-refractivity contribution is 6.34. The number of aromatic nitrogens is 4. The summed E-state index contributed by atoms with van der Waals surface area (Å²) in [6.45, 7) is 2.78. The fraction of sp³-hybridized carbons (Fsp3) is 0.182. The van der Waals surface area contributed by atoms with Crippen LogP contribution in [0.4, 0.5) is 4.39 Å². The lowest BCUT2D eigenvalue weighted by atomic mass is 10.0. The van der Waals surface area contributed by atoms with Crippen LogP contribution in [-0.4, -0.2) is 38.3 Å². The largest absolute Gasteiger partial charge is 0.492 e. The van der Waals surface area contributed by atoms with Gasteiger partial charge in [0.2, 0.25) is 0 Å². The predicted octanol–water partition coefficient (Wildman–Crippen LogP) is 4.78. The standard InChI is InChI=1S/C22H20ClFN4O2/c1-2-30-20-8-6-17(24)21(22(20)23)15-4-5-16-18(26-27-19(16)11-15)7-3-14-12-25-28(13-14)9-10-29/h3-8,11-13,29H,2,9-10H2,1H3,(H,26,27)/b7-3+. The van der Waals surface area contributed by atoms with Gasteiger partial charge in [-0.1, -0.05) is 17.7 Å². The Bertz CT molecular complexity index is 1220. The zero-order valence-electron chi connectivity index (χ0n) is 16.3. The first-order valence-electron chi connectivity index (χ1n) is 9.51. The number of rotatable bonds is 7. The fourth-order valence-corrected chi connectivity index (χ4v) is 3.57. The molecule has 2 aromatic carbocycles. The summed E-state index contributed by atoms with van der Waals surface area (Å²) >= 11 is 6.40. The van der Waals surface area contributed by atoms with Crippen molar-refractivity contribution in [3.63, 3.8) is 0 Å². The number of H-pyrrole nitrogens is 1. The average molecular weight is 427 g/mol. The summed E-state index contributed by atoms with van der Waals surface area (Å²) in [6, 6.07) is 8.40. The molecular weight excluding hydrogens is 407 g/mol. The molecule has 4 aromatic rings. The van der Waals surface area contributed by atoms with Crippen LogP contribution in [0.15, 0.2) is 42.7 Å². The number of hydrogen-bond donors (Lipinski definition) is 2. The number of aromatic amines is 1. The molecule has 2 heterocycles. The van der Waals surface area contributed by atoms with Crippen molar-refractivity contribution >= 4 is 34.7 Å². The Kier molecular flexibility index (Phi) is 5.83. The highest BCUT2D eigenvalue weighted by Crippen LogP contribution is 2.38. The molecule has 0 atom stereocenters. The Balaban J connectivity index is 1.66. The number of ether oxygens (including phenoxy) is 1. The van der Waals surface area contributed by atoms with Gasteiger partial charge in [0.05, 0.1) is 42.2 Å². The van der Waals surface area contributed by atoms with Crippen LogP contribution in [0.2, 0.25) is 5.02 Å². The van der Waals surface area contributed by atoms with Crippen LogP contribution in [0.1, 0.15) is 18.2 Å². The van der Waals surface area contributed by atoms with Crippen molar-refractivity contribution in [2.24, 2.45) is 0 Å². The monoisotopic (exact) mass is 426 g/mol. The molecule has 0 amide bonds. The Morgan fingerprint density at radius 1 is 1.27 bits per heavy atom. The molecule has 0 aliphatic rings. The van der Waals surface area contributed by atoms with E-state index in [4.69, 9.17) is 21.4 Å². The summed E-state index contributed by atoms with van der Waals surface area (Å²) < 4.78 is 21.7. The van der Waals surface area contributed by atoms with Crippen molar-refractivity contribution in [3.05, 3.63) is 64.8 Å². The molecule has 2 aromatic heterocycles. The molecule has 154 valence electrons. The van der Waals surface area contributed by atoms with Gasteiger partial charge in [0, 0.05) is 22.7 Å². The number of nitrogens with one attached hydrogen (secondary N) is 1. The molecule has 30 heavy (non-hydrogen) atoms. The van der Waals surface area contributed by atoms with E-state index >= 15 is 0 Å². The lowest BCUT2D eigenvalue weighted by Crippen LogP contribution is -2.01. The second-order valence-corrected chi connectivity index (χ2v) is 7.01. The molecule has 8 heteroatoms. The minimum Gasteiger partial charge on any atom is -0.492 e. The van der Waals surface area contributed by atoms with Crippen LogP contribution < -0.4 is 4.74 Å². The van der Waals surface area contributed by atoms with Crippen LogP contribution in [0.5, 0.6) is 5.75 Å². The van der Waals surface area contributed by atoms with Crippen molar-refractivity contribution in [2.75, 3.05) is 13.2 Å². The molecule has 2 N–H and O–H groups in total. The van der Waals surface area contributed by atoms with Gasteiger partial charge in [0.25, 0.3) is 0 Å². The highest BCUT2D eigenvalue weighted by Gasteiger charge is 2.16. The third kappa shape index (κ3) is 3.94. The maximum atomic E-state index is 14.5. The summed E-state index contributed by atoms with van der Waals surface area (Å²) in [7, 11) is 0. The second-order valence-electron chi connectivity index (χ2n) is 6.63. The summed E-state index contributed by atoms with van der Waals surface area (Å²) in [5.74, 6) is 0.0352. The number of aliphatic hydroxyl groups excluding tert-OH is 1. The minimum absolute atomic E-state index is 0.0370. The van der Waals surface area contributed by atoms with Crippen molar-refractivity contribution in [1.29, 1.82) is 0 Å². The van der Waals surface area contributed by atoms with Gasteiger partial charge in [-0.25, -0.2) is 4.39 Å². The van der Waals surface area contributed by atoms with Gasteiger partial charge in [-0.2, -0.15) is 10.2 Å². The topological polar surface area (TPSA) is 76.0 Å². The lowest BCUT2D eigenvalue weighted by molar-refractivity contribution is 0.269. The van der Waals surface area contributed by atoms with E-state index in [0.29, 0.717) is 30.0 Å². The van der Waals surface area contributed by atoms with Crippen molar-refractivity contribution in [3.8, 4) is 16.9 Å². The van der Waals surface area contributed by atoms with Gasteiger partial charge >= 0.3 is 0 Å². The van der Waals surface area contributed by atoms with E-state index < -0.39 is 5.82 Å². The SMILES string of the molecule is CCOc1ccc(F)c(-c2ccc3c(/C=C/c4cnn(CCO)c4)n[nH]c3c2)c1Cl. The number of aliphatic hydroxyl groups is 1. The number of nitrogens with zero attached hydrogens (tertiary/aromatic N) is 3. The third-order valence-electron chi connectivity index (χ3n) is 4.65. The van der Waals surface area contributed by atoms with Crippen LogP contribution >= 0.6 is 11.6 Å². The molecule has 0 saturated carbocycles. The molecule has 0 fully saturated rings. The zero-order chi connectivity index (χ0) is 21.1. The third-order valence-corrected chi connectivity index (χ3v) is 5.03. The lowest BCUT2D eigenvalue weighted by Gasteiger charge is -2.11.